The molecule has 2 aromatic rings. The second kappa shape index (κ2) is 9.27. The van der Waals surface area contributed by atoms with Crippen LogP contribution in [0.25, 0.3) is 0 Å². The summed E-state index contributed by atoms with van der Waals surface area (Å²) in [5, 5.41) is 5.21. The number of nitrogens with one attached hydrogen (secondary N) is 2. The van der Waals surface area contributed by atoms with Crippen molar-refractivity contribution < 1.29 is 23.5 Å². The lowest BCUT2D eigenvalue weighted by atomic mass is 9.98. The van der Waals surface area contributed by atoms with Gasteiger partial charge in [-0.3, -0.25) is 4.79 Å². The molecule has 1 aliphatic heterocycles. The molecular weight excluding hydrogens is 377 g/mol. The molecule has 0 aromatic heterocycles. The fourth-order valence-corrected chi connectivity index (χ4v) is 3.21. The zero-order valence-electron chi connectivity index (χ0n) is 16.5. The van der Waals surface area contributed by atoms with Gasteiger partial charge in [-0.25, -0.2) is 9.18 Å². The molecule has 0 spiro atoms. The molecule has 29 heavy (non-hydrogen) atoms. The molecule has 0 atom stereocenters. The highest BCUT2D eigenvalue weighted by Crippen LogP contribution is 2.33. The maximum atomic E-state index is 12.9. The Hall–Kier alpha value is -3.29. The van der Waals surface area contributed by atoms with Crippen molar-refractivity contribution in [1.29, 1.82) is 0 Å². The Morgan fingerprint density at radius 1 is 1.03 bits per heavy atom. The first-order valence-electron chi connectivity index (χ1n) is 9.28. The third kappa shape index (κ3) is 5.16. The van der Waals surface area contributed by atoms with Crippen molar-refractivity contribution >= 4 is 11.9 Å². The van der Waals surface area contributed by atoms with E-state index in [1.54, 1.807) is 31.3 Å². The Bertz CT molecular complexity index is 886. The van der Waals surface area contributed by atoms with Gasteiger partial charge < -0.3 is 25.0 Å². The number of hydrogen-bond donors (Lipinski definition) is 2. The fourth-order valence-electron chi connectivity index (χ4n) is 3.21. The number of carbonyl (C=O) groups excluding carboxylic acids is 2. The molecule has 1 aliphatic rings. The summed E-state index contributed by atoms with van der Waals surface area (Å²) in [5.41, 5.74) is 2.89. The quantitative estimate of drug-likeness (QED) is 0.778. The van der Waals surface area contributed by atoms with E-state index < -0.39 is 6.03 Å². The molecule has 0 aliphatic carbocycles. The summed E-state index contributed by atoms with van der Waals surface area (Å²) in [4.78, 5) is 26.1. The van der Waals surface area contributed by atoms with Crippen LogP contribution in [0.3, 0.4) is 0 Å². The van der Waals surface area contributed by atoms with Crippen LogP contribution in [-0.4, -0.2) is 44.1 Å². The molecule has 0 bridgehead atoms. The van der Waals surface area contributed by atoms with Crippen molar-refractivity contribution in [2.24, 2.45) is 0 Å². The van der Waals surface area contributed by atoms with E-state index in [0.717, 1.165) is 16.7 Å². The van der Waals surface area contributed by atoms with Crippen molar-refractivity contribution in [3.63, 3.8) is 0 Å². The van der Waals surface area contributed by atoms with Crippen LogP contribution in [-0.2, 0) is 24.3 Å². The van der Waals surface area contributed by atoms with Crippen molar-refractivity contribution in [3.05, 3.63) is 58.9 Å². The third-order valence-corrected chi connectivity index (χ3v) is 4.84. The van der Waals surface area contributed by atoms with E-state index in [1.807, 2.05) is 12.1 Å². The lowest BCUT2D eigenvalue weighted by Crippen LogP contribution is -2.45. The average Bonchev–Trinajstić information content (AvgIpc) is 2.75. The minimum Gasteiger partial charge on any atom is -0.493 e. The standard InChI is InChI=1S/C21H24FN3O4/c1-28-18-9-15-7-8-25(13-16(15)10-19(18)29-2)20(26)12-24-21(27)23-11-14-3-5-17(22)6-4-14/h3-6,9-10H,7-8,11-13H2,1-2H3,(H2,23,24,27). The number of amides is 3. The number of methoxy groups -OCH3 is 2. The first-order valence-corrected chi connectivity index (χ1v) is 9.28. The lowest BCUT2D eigenvalue weighted by Gasteiger charge is -2.29. The van der Waals surface area contributed by atoms with Gasteiger partial charge in [0.05, 0.1) is 20.8 Å². The SMILES string of the molecule is COc1cc2c(cc1OC)CN(C(=O)CNC(=O)NCc1ccc(F)cc1)CC2. The van der Waals surface area contributed by atoms with Crippen LogP contribution in [0.1, 0.15) is 16.7 Å². The summed E-state index contributed by atoms with van der Waals surface area (Å²) >= 11 is 0. The van der Waals surface area contributed by atoms with Gasteiger partial charge in [-0.05, 0) is 47.4 Å². The maximum absolute atomic E-state index is 12.9. The number of halogens is 1. The number of rotatable bonds is 6. The minimum absolute atomic E-state index is 0.0993. The molecule has 0 saturated heterocycles. The smallest absolute Gasteiger partial charge is 0.315 e. The second-order valence-electron chi connectivity index (χ2n) is 6.70. The van der Waals surface area contributed by atoms with Crippen molar-refractivity contribution in [3.8, 4) is 11.5 Å². The summed E-state index contributed by atoms with van der Waals surface area (Å²) in [6.07, 6.45) is 0.707. The van der Waals surface area contributed by atoms with Gasteiger partial charge in [0, 0.05) is 19.6 Å². The Labute approximate surface area is 168 Å². The number of urea groups is 1. The zero-order valence-corrected chi connectivity index (χ0v) is 16.5. The van der Waals surface area contributed by atoms with Gasteiger partial charge in [0.25, 0.3) is 0 Å². The predicted octanol–water partition coefficient (Wildman–Crippen LogP) is 2.23. The van der Waals surface area contributed by atoms with Gasteiger partial charge in [0.1, 0.15) is 5.82 Å². The molecule has 8 heteroatoms. The topological polar surface area (TPSA) is 79.9 Å². The second-order valence-corrected chi connectivity index (χ2v) is 6.70. The van der Waals surface area contributed by atoms with Gasteiger partial charge in [-0.1, -0.05) is 12.1 Å². The summed E-state index contributed by atoms with van der Waals surface area (Å²) in [6, 6.07) is 9.22. The largest absolute Gasteiger partial charge is 0.493 e. The predicted molar refractivity (Wildman–Crippen MR) is 105 cm³/mol. The first kappa shape index (κ1) is 20.4. The summed E-state index contributed by atoms with van der Waals surface area (Å²) in [5.74, 6) is 0.801. The van der Waals surface area contributed by atoms with Crippen LogP contribution in [0.15, 0.2) is 36.4 Å². The maximum Gasteiger partial charge on any atom is 0.315 e. The van der Waals surface area contributed by atoms with Gasteiger partial charge >= 0.3 is 6.03 Å². The van der Waals surface area contributed by atoms with Crippen LogP contribution in [0.2, 0.25) is 0 Å². The van der Waals surface area contributed by atoms with E-state index in [4.69, 9.17) is 9.47 Å². The molecule has 0 radical (unpaired) electrons. The molecule has 0 saturated carbocycles. The van der Waals surface area contributed by atoms with E-state index in [9.17, 15) is 14.0 Å². The molecule has 1 heterocycles. The number of hydrogen-bond acceptors (Lipinski definition) is 4. The molecule has 0 fully saturated rings. The van der Waals surface area contributed by atoms with E-state index in [1.165, 1.54) is 12.1 Å². The average molecular weight is 401 g/mol. The minimum atomic E-state index is -0.452. The van der Waals surface area contributed by atoms with Crippen molar-refractivity contribution in [2.45, 2.75) is 19.5 Å². The first-order chi connectivity index (χ1) is 14.0. The summed E-state index contributed by atoms with van der Waals surface area (Å²) < 4.78 is 23.5. The van der Waals surface area contributed by atoms with Crippen molar-refractivity contribution in [2.75, 3.05) is 27.3 Å². The Morgan fingerprint density at radius 2 is 1.69 bits per heavy atom. The number of ether oxygens (including phenoxy) is 2. The molecule has 7 nitrogen and oxygen atoms in total. The molecule has 3 rings (SSSR count). The highest BCUT2D eigenvalue weighted by molar-refractivity contribution is 5.84. The van der Waals surface area contributed by atoms with Crippen LogP contribution in [0.5, 0.6) is 11.5 Å². The molecule has 2 aromatic carbocycles. The third-order valence-electron chi connectivity index (χ3n) is 4.84. The van der Waals surface area contributed by atoms with Crippen LogP contribution < -0.4 is 20.1 Å². The normalized spacial score (nSPS) is 12.7. The Balaban J connectivity index is 1.50. The fraction of sp³-hybridized carbons (Fsp3) is 0.333. The van der Waals surface area contributed by atoms with E-state index in [2.05, 4.69) is 10.6 Å². The highest BCUT2D eigenvalue weighted by atomic mass is 19.1. The van der Waals surface area contributed by atoms with Gasteiger partial charge in [-0.15, -0.1) is 0 Å². The molecule has 3 amide bonds. The Kier molecular flexibility index (Phi) is 6.54. The van der Waals surface area contributed by atoms with Crippen LogP contribution in [0.4, 0.5) is 9.18 Å². The van der Waals surface area contributed by atoms with Crippen LogP contribution >= 0.6 is 0 Å². The molecule has 154 valence electrons. The monoisotopic (exact) mass is 401 g/mol. The summed E-state index contributed by atoms with van der Waals surface area (Å²) in [6.45, 7) is 1.17. The number of fused-ring (bicyclic) bond motifs is 1. The van der Waals surface area contributed by atoms with Gasteiger partial charge in [0.15, 0.2) is 11.5 Å². The van der Waals surface area contributed by atoms with E-state index >= 15 is 0 Å². The van der Waals surface area contributed by atoms with E-state index in [-0.39, 0.29) is 24.8 Å². The van der Waals surface area contributed by atoms with Crippen molar-refractivity contribution in [1.82, 2.24) is 15.5 Å². The molecule has 2 N–H and O–H groups in total. The number of benzene rings is 2. The molecule has 0 unspecified atom stereocenters. The van der Waals surface area contributed by atoms with E-state index in [0.29, 0.717) is 31.0 Å². The lowest BCUT2D eigenvalue weighted by molar-refractivity contribution is -0.131. The van der Waals surface area contributed by atoms with Gasteiger partial charge in [0.2, 0.25) is 5.91 Å². The zero-order chi connectivity index (χ0) is 20.8. The summed E-state index contributed by atoms with van der Waals surface area (Å²) in [7, 11) is 3.17. The highest BCUT2D eigenvalue weighted by Gasteiger charge is 2.23. The number of nitrogens with zero attached hydrogens (tertiary/aromatic N) is 1. The van der Waals surface area contributed by atoms with Crippen LogP contribution in [0, 0.1) is 5.82 Å². The molecular formula is C21H24FN3O4. The Morgan fingerprint density at radius 3 is 2.34 bits per heavy atom. The number of carbonyl (C=O) groups is 2. The van der Waals surface area contributed by atoms with Gasteiger partial charge in [-0.2, -0.15) is 0 Å².